The van der Waals surface area contributed by atoms with E-state index in [0.717, 1.165) is 11.1 Å². The van der Waals surface area contributed by atoms with Gasteiger partial charge in [0.2, 0.25) is 5.16 Å². The molecule has 0 saturated heterocycles. The van der Waals surface area contributed by atoms with E-state index >= 15 is 0 Å². The fourth-order valence-corrected chi connectivity index (χ4v) is 3.80. The molecule has 0 radical (unpaired) electrons. The summed E-state index contributed by atoms with van der Waals surface area (Å²) < 4.78 is 6.85. The number of amides is 1. The van der Waals surface area contributed by atoms with Crippen molar-refractivity contribution in [3.63, 3.8) is 0 Å². The molecule has 0 fully saturated rings. The fourth-order valence-electron chi connectivity index (χ4n) is 2.86. The smallest absolute Gasteiger partial charge is 0.408 e. The highest BCUT2D eigenvalue weighted by atomic mass is 35.5. The van der Waals surface area contributed by atoms with Crippen LogP contribution >= 0.6 is 23.4 Å². The molecular formula is C22H26ClN5O2S. The number of carbonyl (C=O) groups excluding carboxylic acids is 1. The molecule has 3 rings (SSSR count). The average molecular weight is 460 g/mol. The Morgan fingerprint density at radius 3 is 2.45 bits per heavy atom. The van der Waals surface area contributed by atoms with Gasteiger partial charge in [-0.05, 0) is 44.0 Å². The maximum atomic E-state index is 12.4. The first kappa shape index (κ1) is 23.0. The molecule has 0 aliphatic rings. The molecule has 1 amide bonds. The third-order valence-corrected chi connectivity index (χ3v) is 5.52. The van der Waals surface area contributed by atoms with Crippen LogP contribution in [0.4, 0.5) is 4.79 Å². The number of aromatic nitrogens is 3. The molecular weight excluding hydrogens is 434 g/mol. The summed E-state index contributed by atoms with van der Waals surface area (Å²) in [5.41, 5.74) is 1.51. The van der Waals surface area contributed by atoms with E-state index in [-0.39, 0.29) is 0 Å². The van der Waals surface area contributed by atoms with E-state index in [1.165, 1.54) is 16.4 Å². The SMILES string of the molecule is CC(C)(C)OC(=O)N[C@H](Cc1ccccc1)c1nnc(SCc2ccc(Cl)cc2)n1N. The minimum atomic E-state index is -0.614. The number of nitrogens with zero attached hydrogens (tertiary/aromatic N) is 3. The second-order valence-corrected chi connectivity index (χ2v) is 9.39. The zero-order valence-corrected chi connectivity index (χ0v) is 19.3. The number of ether oxygens (including phenoxy) is 1. The van der Waals surface area contributed by atoms with Gasteiger partial charge in [0, 0.05) is 17.2 Å². The van der Waals surface area contributed by atoms with E-state index in [4.69, 9.17) is 22.2 Å². The molecule has 0 aliphatic carbocycles. The lowest BCUT2D eigenvalue weighted by molar-refractivity contribution is 0.0500. The van der Waals surface area contributed by atoms with Crippen molar-refractivity contribution >= 4 is 29.5 Å². The van der Waals surface area contributed by atoms with Crippen molar-refractivity contribution < 1.29 is 9.53 Å². The summed E-state index contributed by atoms with van der Waals surface area (Å²) in [5, 5.41) is 12.6. The number of thioether (sulfide) groups is 1. The zero-order chi connectivity index (χ0) is 22.4. The number of hydrogen-bond acceptors (Lipinski definition) is 6. The lowest BCUT2D eigenvalue weighted by atomic mass is 10.1. The van der Waals surface area contributed by atoms with E-state index in [1.54, 1.807) is 0 Å². The maximum absolute atomic E-state index is 12.4. The van der Waals surface area contributed by atoms with Crippen LogP contribution in [0.5, 0.6) is 0 Å². The molecule has 0 bridgehead atoms. The monoisotopic (exact) mass is 459 g/mol. The molecule has 0 unspecified atom stereocenters. The van der Waals surface area contributed by atoms with Crippen LogP contribution in [0.25, 0.3) is 0 Å². The van der Waals surface area contributed by atoms with Crippen molar-refractivity contribution in [2.24, 2.45) is 0 Å². The lowest BCUT2D eigenvalue weighted by Crippen LogP contribution is -2.37. The molecule has 2 aromatic carbocycles. The highest BCUT2D eigenvalue weighted by Crippen LogP contribution is 2.25. The molecule has 164 valence electrons. The van der Waals surface area contributed by atoms with Crippen molar-refractivity contribution in [3.8, 4) is 0 Å². The van der Waals surface area contributed by atoms with Crippen LogP contribution in [-0.2, 0) is 16.9 Å². The van der Waals surface area contributed by atoms with Crippen molar-refractivity contribution in [2.75, 3.05) is 5.84 Å². The third-order valence-electron chi connectivity index (χ3n) is 4.26. The molecule has 1 atom stereocenters. The van der Waals surface area contributed by atoms with Gasteiger partial charge in [-0.15, -0.1) is 10.2 Å². The Morgan fingerprint density at radius 2 is 1.81 bits per heavy atom. The van der Waals surface area contributed by atoms with Crippen LogP contribution in [0.15, 0.2) is 59.8 Å². The highest BCUT2D eigenvalue weighted by molar-refractivity contribution is 7.98. The first-order valence-electron chi connectivity index (χ1n) is 9.82. The van der Waals surface area contributed by atoms with Gasteiger partial charge in [0.15, 0.2) is 5.82 Å². The number of nitrogens with one attached hydrogen (secondary N) is 1. The van der Waals surface area contributed by atoms with Crippen LogP contribution in [0.2, 0.25) is 5.02 Å². The summed E-state index contributed by atoms with van der Waals surface area (Å²) in [7, 11) is 0. The lowest BCUT2D eigenvalue weighted by Gasteiger charge is -2.23. The van der Waals surface area contributed by atoms with Crippen molar-refractivity contribution in [1.29, 1.82) is 0 Å². The van der Waals surface area contributed by atoms with E-state index < -0.39 is 17.7 Å². The van der Waals surface area contributed by atoms with Crippen LogP contribution in [0, 0.1) is 0 Å². The predicted octanol–water partition coefficient (Wildman–Crippen LogP) is 4.75. The van der Waals surface area contributed by atoms with Gasteiger partial charge in [-0.3, -0.25) is 0 Å². The normalized spacial score (nSPS) is 12.4. The first-order valence-corrected chi connectivity index (χ1v) is 11.2. The Kier molecular flexibility index (Phi) is 7.46. The van der Waals surface area contributed by atoms with Gasteiger partial charge < -0.3 is 15.9 Å². The second kappa shape index (κ2) is 10.1. The Morgan fingerprint density at radius 1 is 1.13 bits per heavy atom. The summed E-state index contributed by atoms with van der Waals surface area (Å²) in [4.78, 5) is 12.4. The number of hydrogen-bond donors (Lipinski definition) is 2. The molecule has 0 aliphatic heterocycles. The minimum absolute atomic E-state index is 0.452. The molecule has 0 saturated carbocycles. The number of alkyl carbamates (subject to hydrolysis) is 1. The number of halogens is 1. The second-order valence-electron chi connectivity index (χ2n) is 8.01. The number of benzene rings is 2. The Bertz CT molecular complexity index is 1000. The standard InChI is InChI=1S/C22H26ClN5O2S/c1-22(2,3)30-21(29)25-18(13-15-7-5-4-6-8-15)19-26-27-20(28(19)24)31-14-16-9-11-17(23)12-10-16/h4-12,18H,13-14,24H2,1-3H3,(H,25,29)/t18-/m1/s1. The minimum Gasteiger partial charge on any atom is -0.444 e. The molecule has 7 nitrogen and oxygen atoms in total. The van der Waals surface area contributed by atoms with Crippen LogP contribution in [0.1, 0.15) is 43.8 Å². The Balaban J connectivity index is 1.77. The topological polar surface area (TPSA) is 95.1 Å². The number of rotatable bonds is 7. The predicted molar refractivity (Wildman–Crippen MR) is 123 cm³/mol. The highest BCUT2D eigenvalue weighted by Gasteiger charge is 2.25. The Hall–Kier alpha value is -2.71. The van der Waals surface area contributed by atoms with Crippen LogP contribution in [0.3, 0.4) is 0 Å². The summed E-state index contributed by atoms with van der Waals surface area (Å²) in [5.74, 6) is 7.42. The molecule has 0 spiro atoms. The largest absolute Gasteiger partial charge is 0.444 e. The Labute approximate surface area is 191 Å². The fraction of sp³-hybridized carbons (Fsp3) is 0.318. The average Bonchev–Trinajstić information content (AvgIpc) is 3.07. The van der Waals surface area contributed by atoms with Gasteiger partial charge in [-0.25, -0.2) is 9.47 Å². The van der Waals surface area contributed by atoms with Crippen molar-refractivity contribution in [3.05, 3.63) is 76.6 Å². The van der Waals surface area contributed by atoms with Crippen molar-refractivity contribution in [1.82, 2.24) is 20.2 Å². The number of nitrogen functional groups attached to an aromatic ring is 1. The van der Waals surface area contributed by atoms with E-state index in [0.29, 0.717) is 28.2 Å². The molecule has 31 heavy (non-hydrogen) atoms. The molecule has 3 aromatic rings. The van der Waals surface area contributed by atoms with Gasteiger partial charge in [-0.1, -0.05) is 65.8 Å². The molecule has 3 N–H and O–H groups in total. The number of nitrogens with two attached hydrogens (primary N) is 1. The van der Waals surface area contributed by atoms with Gasteiger partial charge >= 0.3 is 6.09 Å². The molecule has 1 aromatic heterocycles. The molecule has 1 heterocycles. The molecule has 9 heteroatoms. The van der Waals surface area contributed by atoms with Crippen LogP contribution < -0.4 is 11.2 Å². The summed E-state index contributed by atoms with van der Waals surface area (Å²) in [6.07, 6.45) is -0.0381. The van der Waals surface area contributed by atoms with E-state index in [1.807, 2.05) is 75.4 Å². The van der Waals surface area contributed by atoms with Gasteiger partial charge in [0.05, 0.1) is 6.04 Å². The van der Waals surface area contributed by atoms with Crippen molar-refractivity contribution in [2.45, 2.75) is 49.7 Å². The summed E-state index contributed by atoms with van der Waals surface area (Å²) in [6, 6.07) is 16.9. The summed E-state index contributed by atoms with van der Waals surface area (Å²) >= 11 is 7.40. The third kappa shape index (κ3) is 6.90. The maximum Gasteiger partial charge on any atom is 0.408 e. The van der Waals surface area contributed by atoms with Crippen LogP contribution in [-0.4, -0.2) is 26.6 Å². The quantitative estimate of drug-likeness (QED) is 0.391. The summed E-state index contributed by atoms with van der Waals surface area (Å²) in [6.45, 7) is 5.45. The van der Waals surface area contributed by atoms with E-state index in [2.05, 4.69) is 15.5 Å². The van der Waals surface area contributed by atoms with E-state index in [9.17, 15) is 4.79 Å². The van der Waals surface area contributed by atoms with Gasteiger partial charge in [0.25, 0.3) is 0 Å². The zero-order valence-electron chi connectivity index (χ0n) is 17.7. The number of carbonyl (C=O) groups is 1. The van der Waals surface area contributed by atoms with Gasteiger partial charge in [-0.2, -0.15) is 0 Å². The van der Waals surface area contributed by atoms with Gasteiger partial charge in [0.1, 0.15) is 5.60 Å². The first-order chi connectivity index (χ1) is 14.7.